The summed E-state index contributed by atoms with van der Waals surface area (Å²) in [7, 11) is 0. The Morgan fingerprint density at radius 3 is 1.02 bits per heavy atom. The first kappa shape index (κ1) is 97.3. The van der Waals surface area contributed by atoms with Gasteiger partial charge in [0.15, 0.2) is 0 Å². The highest BCUT2D eigenvalue weighted by Gasteiger charge is 2.40. The summed E-state index contributed by atoms with van der Waals surface area (Å²) in [6.07, 6.45) is -2.33. The molecule has 0 saturated carbocycles. The lowest BCUT2D eigenvalue weighted by Gasteiger charge is -2.33. The zero-order valence-electron chi connectivity index (χ0n) is 74.9. The Morgan fingerprint density at radius 2 is 0.659 bits per heavy atom. The van der Waals surface area contributed by atoms with E-state index < -0.39 is 47.1 Å². The molecule has 5 saturated heterocycles. The molecule has 1 atom stereocenters. The van der Waals surface area contributed by atoms with Gasteiger partial charge in [-0.2, -0.15) is 38.1 Å². The van der Waals surface area contributed by atoms with Crippen molar-refractivity contribution in [3.05, 3.63) is 299 Å². The SMILES string of the molecule is FC1(F)CCN(c2nc(NCc3ccc(C(F)(F)F)cc3)nc3ccccc23)CC1.FC1(F)CCN(c2nc(NCc3ccc(Cl)cc3)nc3ccccc23)CC1.Fc1ccc(CNc2nc(N3CCC(F)(F)CC3)c3ccccc3n2)c(F)c1.Fc1ccc(CNc2nc(N3CCC(F)(F)CC3)c3ccccc3n2)cc1.OC[C@H](Nc1nc(N2CCCCC2)nc2ccccc12)c1ccccc1. The fourth-order valence-electron chi connectivity index (χ4n) is 16.6. The van der Waals surface area contributed by atoms with Gasteiger partial charge in [0.1, 0.15) is 46.5 Å². The number of anilines is 10. The van der Waals surface area contributed by atoms with Gasteiger partial charge in [-0.05, 0) is 145 Å². The van der Waals surface area contributed by atoms with Crippen molar-refractivity contribution in [2.45, 2.75) is 133 Å². The van der Waals surface area contributed by atoms with Gasteiger partial charge < -0.3 is 56.2 Å². The Balaban J connectivity index is 0.000000125. The minimum atomic E-state index is -4.38. The summed E-state index contributed by atoms with van der Waals surface area (Å²) < 4.78 is 186. The zero-order valence-corrected chi connectivity index (χ0v) is 75.6. The smallest absolute Gasteiger partial charge is 0.394 e. The first-order chi connectivity index (χ1) is 66.5. The minimum Gasteiger partial charge on any atom is -0.394 e. The molecule has 36 heteroatoms. The number of rotatable bonds is 21. The molecule has 5 aliphatic heterocycles. The second-order valence-corrected chi connectivity index (χ2v) is 34.7. The van der Waals surface area contributed by atoms with Crippen LogP contribution in [0.5, 0.6) is 0 Å². The summed E-state index contributed by atoms with van der Waals surface area (Å²) in [5.41, 5.74) is 6.98. The molecule has 20 rings (SSSR count). The molecule has 0 aliphatic carbocycles. The van der Waals surface area contributed by atoms with Crippen molar-refractivity contribution in [3.63, 3.8) is 0 Å². The first-order valence-electron chi connectivity index (χ1n) is 45.5. The molecule has 10 heterocycles. The van der Waals surface area contributed by atoms with Crippen LogP contribution in [0, 0.1) is 17.5 Å². The lowest BCUT2D eigenvalue weighted by atomic mass is 10.1. The van der Waals surface area contributed by atoms with Crippen LogP contribution in [0.3, 0.4) is 0 Å². The molecular formula is C102H99ClF14N20O. The van der Waals surface area contributed by atoms with Crippen molar-refractivity contribution in [3.8, 4) is 0 Å². The molecule has 0 radical (unpaired) electrons. The van der Waals surface area contributed by atoms with Gasteiger partial charge in [0.05, 0.1) is 45.8 Å². The lowest BCUT2D eigenvalue weighted by molar-refractivity contribution is -0.137. The highest BCUT2D eigenvalue weighted by Crippen LogP contribution is 2.41. The minimum absolute atomic E-state index is 0.00138. The van der Waals surface area contributed by atoms with Gasteiger partial charge in [-0.1, -0.05) is 145 Å². The quantitative estimate of drug-likeness (QED) is 0.0368. The predicted molar refractivity (Wildman–Crippen MR) is 514 cm³/mol. The van der Waals surface area contributed by atoms with Crippen LogP contribution >= 0.6 is 11.6 Å². The number of nitrogens with one attached hydrogen (secondary N) is 5. The molecule has 5 fully saturated rings. The number of para-hydroxylation sites is 5. The van der Waals surface area contributed by atoms with E-state index in [1.807, 2.05) is 196 Å². The van der Waals surface area contributed by atoms with Crippen molar-refractivity contribution < 1.29 is 66.6 Å². The van der Waals surface area contributed by atoms with Crippen LogP contribution in [0.15, 0.2) is 243 Å². The van der Waals surface area contributed by atoms with Crippen molar-refractivity contribution in [1.82, 2.24) is 49.8 Å². The molecule has 15 aromatic rings. The molecule has 5 aromatic heterocycles. The van der Waals surface area contributed by atoms with Crippen LogP contribution in [-0.4, -0.2) is 151 Å². The van der Waals surface area contributed by atoms with Crippen LogP contribution in [-0.2, 0) is 32.4 Å². The largest absolute Gasteiger partial charge is 0.416 e. The van der Waals surface area contributed by atoms with Gasteiger partial charge in [-0.25, -0.2) is 73.2 Å². The highest BCUT2D eigenvalue weighted by molar-refractivity contribution is 6.30. The number of aliphatic hydroxyl groups is 1. The van der Waals surface area contributed by atoms with Crippen molar-refractivity contribution >= 4 is 125 Å². The van der Waals surface area contributed by atoms with E-state index in [2.05, 4.69) is 71.4 Å². The maximum absolute atomic E-state index is 13.8. The molecule has 138 heavy (non-hydrogen) atoms. The molecule has 21 nitrogen and oxygen atoms in total. The number of alkyl halides is 11. The Morgan fingerprint density at radius 1 is 0.333 bits per heavy atom. The number of piperidine rings is 5. The standard InChI is InChI=1S/C21H19F5N4.C21H24N4O.C20H19ClF2N4.C20H18F4N4.C20H19F3N4/c22-20(23)9-11-30(12-10-20)18-16-3-1-2-4-17(16)28-19(29-18)27-13-14-5-7-15(8-6-14)21(24,25)26;26-15-19(16-9-3-1-4-10-16)22-20-17-11-5-6-12-18(17)23-21(24-20)25-13-7-2-8-14-25;21-15-7-5-14(6-8-15)13-24-19-25-17-4-2-1-3-16(17)18(26-19)27-11-9-20(22,23)10-12-27;21-14-6-5-13(16(22)11-14)12-25-19-26-17-4-2-1-3-15(17)18(27-19)28-9-7-20(23,24)8-10-28;21-15-7-5-14(6-8-15)13-24-19-25-17-4-2-1-3-16(17)18(26-19)27-11-9-20(22,23)10-12-27/h1-8H,9-13H2,(H,27,28,29);1,3-6,9-12,19,26H,2,7-8,13-15H2,(H,22,23,24);1-8H,9-13H2,(H,24,25,26);1-6,11H,7-10,12H2,(H,25,26,27);1-8H,9-13H2,(H,24,25,26)/t;19-;;;/m.0.../s1. The normalized spacial score (nSPS) is 16.4. The maximum atomic E-state index is 13.8. The summed E-state index contributed by atoms with van der Waals surface area (Å²) >= 11 is 5.92. The monoisotopic (exact) mass is 1920 g/mol. The molecule has 10 aromatic carbocycles. The van der Waals surface area contributed by atoms with E-state index in [0.29, 0.717) is 75.8 Å². The topological polar surface area (TPSA) is 225 Å². The number of nitrogens with zero attached hydrogens (tertiary/aromatic N) is 15. The fraction of sp³-hybridized carbons (Fsp3) is 0.314. The van der Waals surface area contributed by atoms with Crippen molar-refractivity contribution in [2.24, 2.45) is 0 Å². The number of aromatic nitrogens is 10. The fourth-order valence-corrected chi connectivity index (χ4v) is 16.7. The van der Waals surface area contributed by atoms with Crippen molar-refractivity contribution in [1.29, 1.82) is 0 Å². The number of fused-ring (bicyclic) bond motifs is 5. The molecule has 6 N–H and O–H groups in total. The van der Waals surface area contributed by atoms with Gasteiger partial charge in [0.25, 0.3) is 23.7 Å². The Bertz CT molecular complexity index is 6450. The van der Waals surface area contributed by atoms with Gasteiger partial charge in [0, 0.05) is 187 Å². The second-order valence-electron chi connectivity index (χ2n) is 34.2. The third kappa shape index (κ3) is 25.7. The number of halogens is 15. The summed E-state index contributed by atoms with van der Waals surface area (Å²) in [4.78, 5) is 55.6. The maximum Gasteiger partial charge on any atom is 0.416 e. The van der Waals surface area contributed by atoms with Crippen LogP contribution in [0.1, 0.15) is 110 Å². The molecule has 0 spiro atoms. The Hall–Kier alpha value is -13.8. The van der Waals surface area contributed by atoms with E-state index in [0.717, 1.165) is 103 Å². The average molecular weight is 1920 g/mol. The third-order valence-corrected chi connectivity index (χ3v) is 24.6. The van der Waals surface area contributed by atoms with Gasteiger partial charge >= 0.3 is 6.18 Å². The lowest BCUT2D eigenvalue weighted by Crippen LogP contribution is -2.40. The van der Waals surface area contributed by atoms with E-state index in [9.17, 15) is 66.6 Å². The predicted octanol–water partition coefficient (Wildman–Crippen LogP) is 23.8. The number of benzene rings is 10. The van der Waals surface area contributed by atoms with E-state index in [-0.39, 0.29) is 147 Å². The number of aliphatic hydroxyl groups excluding tert-OH is 1. The van der Waals surface area contributed by atoms with Crippen LogP contribution in [0.25, 0.3) is 54.5 Å². The summed E-state index contributed by atoms with van der Waals surface area (Å²) in [6.45, 7) is 5.13. The summed E-state index contributed by atoms with van der Waals surface area (Å²) in [6, 6.07) is 69.6. The summed E-state index contributed by atoms with van der Waals surface area (Å²) in [5, 5.41) is 30.6. The number of hydrogen-bond donors (Lipinski definition) is 6. The van der Waals surface area contributed by atoms with Crippen LogP contribution < -0.4 is 51.1 Å². The van der Waals surface area contributed by atoms with Gasteiger partial charge in [-0.3, -0.25) is 0 Å². The molecule has 0 bridgehead atoms. The zero-order chi connectivity index (χ0) is 96.6. The molecule has 0 amide bonds. The van der Waals surface area contributed by atoms with Crippen molar-refractivity contribution in [2.75, 3.05) is 123 Å². The average Bonchev–Trinajstić information content (AvgIpc) is 0.806. The molecular weight excluding hydrogens is 1820 g/mol. The van der Waals surface area contributed by atoms with Gasteiger partial charge in [0.2, 0.25) is 29.7 Å². The highest BCUT2D eigenvalue weighted by atomic mass is 35.5. The van der Waals surface area contributed by atoms with E-state index in [1.54, 1.807) is 12.1 Å². The molecule has 718 valence electrons. The van der Waals surface area contributed by atoms with E-state index >= 15 is 0 Å². The number of hydrogen-bond acceptors (Lipinski definition) is 21. The second kappa shape index (κ2) is 43.7. The first-order valence-corrected chi connectivity index (χ1v) is 45.9. The van der Waals surface area contributed by atoms with Crippen LogP contribution in [0.2, 0.25) is 5.02 Å². The van der Waals surface area contributed by atoms with E-state index in [1.165, 1.54) is 55.7 Å². The Labute approximate surface area is 791 Å². The third-order valence-electron chi connectivity index (χ3n) is 24.3. The van der Waals surface area contributed by atoms with Gasteiger partial charge in [-0.15, -0.1) is 0 Å². The van der Waals surface area contributed by atoms with E-state index in [4.69, 9.17) is 21.6 Å². The molecule has 0 unspecified atom stereocenters. The summed E-state index contributed by atoms with van der Waals surface area (Å²) in [5.74, 6) is -6.58. The molecule has 5 aliphatic rings. The van der Waals surface area contributed by atoms with Crippen LogP contribution in [0.4, 0.5) is 120 Å². The Kier molecular flexibility index (Phi) is 30.8.